The first-order valence-electron chi connectivity index (χ1n) is 8.43. The van der Waals surface area contributed by atoms with E-state index in [1.54, 1.807) is 11.3 Å². The average Bonchev–Trinajstić information content (AvgIpc) is 2.79. The molecule has 0 bridgehead atoms. The molecule has 1 saturated heterocycles. The molecular formula is C17H27ClN2OS. The lowest BCUT2D eigenvalue weighted by Gasteiger charge is -2.22. The van der Waals surface area contributed by atoms with Gasteiger partial charge in [0.1, 0.15) is 0 Å². The summed E-state index contributed by atoms with van der Waals surface area (Å²) in [6, 6.07) is 2.14. The topological polar surface area (TPSA) is 41.1 Å². The molecule has 1 atom stereocenters. The lowest BCUT2D eigenvalue weighted by atomic mass is 9.96. The SMILES string of the molecule is Cl.O=C(NCCC1CCCNC1)c1cc2c(s1)CCCCC2. The van der Waals surface area contributed by atoms with E-state index in [9.17, 15) is 4.79 Å². The molecular weight excluding hydrogens is 316 g/mol. The summed E-state index contributed by atoms with van der Waals surface area (Å²) < 4.78 is 0. The number of rotatable bonds is 4. The molecule has 1 aromatic rings. The van der Waals surface area contributed by atoms with E-state index in [4.69, 9.17) is 0 Å². The number of hydrogen-bond donors (Lipinski definition) is 2. The summed E-state index contributed by atoms with van der Waals surface area (Å²) in [5.41, 5.74) is 1.43. The number of thiophene rings is 1. The Kier molecular flexibility index (Phi) is 7.19. The lowest BCUT2D eigenvalue weighted by molar-refractivity contribution is 0.0954. The van der Waals surface area contributed by atoms with Crippen molar-refractivity contribution in [2.75, 3.05) is 19.6 Å². The Bertz CT molecular complexity index is 460. The Balaban J connectivity index is 0.00000176. The van der Waals surface area contributed by atoms with Crippen LogP contribution in [0.3, 0.4) is 0 Å². The third kappa shape index (κ3) is 4.71. The van der Waals surface area contributed by atoms with Gasteiger partial charge in [-0.25, -0.2) is 0 Å². The van der Waals surface area contributed by atoms with Gasteiger partial charge in [0.15, 0.2) is 0 Å². The molecule has 124 valence electrons. The normalized spacial score (nSPS) is 21.4. The zero-order valence-corrected chi connectivity index (χ0v) is 14.8. The van der Waals surface area contributed by atoms with Crippen LogP contribution < -0.4 is 10.6 Å². The smallest absolute Gasteiger partial charge is 0.261 e. The van der Waals surface area contributed by atoms with Crippen LogP contribution in [0.5, 0.6) is 0 Å². The molecule has 1 aliphatic carbocycles. The number of amides is 1. The highest BCUT2D eigenvalue weighted by atomic mass is 35.5. The zero-order valence-electron chi connectivity index (χ0n) is 13.2. The van der Waals surface area contributed by atoms with Crippen molar-refractivity contribution in [3.63, 3.8) is 0 Å². The van der Waals surface area contributed by atoms with Crippen molar-refractivity contribution < 1.29 is 4.79 Å². The van der Waals surface area contributed by atoms with Crippen molar-refractivity contribution in [1.82, 2.24) is 10.6 Å². The maximum atomic E-state index is 12.3. The van der Waals surface area contributed by atoms with Gasteiger partial charge in [-0.3, -0.25) is 4.79 Å². The first kappa shape index (κ1) is 17.8. The second kappa shape index (κ2) is 8.90. The third-order valence-corrected chi connectivity index (χ3v) is 5.94. The molecule has 1 aliphatic heterocycles. The Hall–Kier alpha value is -0.580. The lowest BCUT2D eigenvalue weighted by Crippen LogP contribution is -2.33. The molecule has 0 aromatic carbocycles. The van der Waals surface area contributed by atoms with E-state index in [-0.39, 0.29) is 18.3 Å². The molecule has 1 fully saturated rings. The van der Waals surface area contributed by atoms with E-state index in [0.717, 1.165) is 43.3 Å². The van der Waals surface area contributed by atoms with Crippen molar-refractivity contribution in [1.29, 1.82) is 0 Å². The second-order valence-electron chi connectivity index (χ2n) is 6.38. The maximum absolute atomic E-state index is 12.3. The molecule has 2 N–H and O–H groups in total. The van der Waals surface area contributed by atoms with E-state index in [1.807, 2.05) is 0 Å². The van der Waals surface area contributed by atoms with Crippen molar-refractivity contribution in [2.24, 2.45) is 5.92 Å². The average molecular weight is 343 g/mol. The van der Waals surface area contributed by atoms with Gasteiger partial charge >= 0.3 is 0 Å². The molecule has 0 saturated carbocycles. The van der Waals surface area contributed by atoms with Gasteiger partial charge in [0, 0.05) is 11.4 Å². The number of aryl methyl sites for hydroxylation is 2. The van der Waals surface area contributed by atoms with Crippen LogP contribution in [0, 0.1) is 5.92 Å². The maximum Gasteiger partial charge on any atom is 0.261 e. The van der Waals surface area contributed by atoms with E-state index in [0.29, 0.717) is 0 Å². The fourth-order valence-electron chi connectivity index (χ4n) is 3.43. The van der Waals surface area contributed by atoms with E-state index in [2.05, 4.69) is 16.7 Å². The standard InChI is InChI=1S/C17H26N2OS.ClH/c20-17(19-10-8-13-5-4-9-18-12-13)16-11-14-6-2-1-3-7-15(14)21-16;/h11,13,18H,1-10,12H2,(H,19,20);1H. The summed E-state index contributed by atoms with van der Waals surface area (Å²) in [5, 5.41) is 6.55. The van der Waals surface area contributed by atoms with Crippen LogP contribution >= 0.6 is 23.7 Å². The monoisotopic (exact) mass is 342 g/mol. The van der Waals surface area contributed by atoms with Gasteiger partial charge in [-0.1, -0.05) is 6.42 Å². The second-order valence-corrected chi connectivity index (χ2v) is 7.51. The highest BCUT2D eigenvalue weighted by Gasteiger charge is 2.17. The summed E-state index contributed by atoms with van der Waals surface area (Å²) in [4.78, 5) is 14.6. The van der Waals surface area contributed by atoms with E-state index < -0.39 is 0 Å². The van der Waals surface area contributed by atoms with Crippen molar-refractivity contribution in [2.45, 2.75) is 51.4 Å². The molecule has 0 spiro atoms. The first-order valence-corrected chi connectivity index (χ1v) is 9.25. The summed E-state index contributed by atoms with van der Waals surface area (Å²) in [6.45, 7) is 3.08. The molecule has 22 heavy (non-hydrogen) atoms. The summed E-state index contributed by atoms with van der Waals surface area (Å²) >= 11 is 1.72. The number of halogens is 1. The van der Waals surface area contributed by atoms with Gasteiger partial charge in [0.25, 0.3) is 5.91 Å². The van der Waals surface area contributed by atoms with Gasteiger partial charge < -0.3 is 10.6 Å². The predicted molar refractivity (Wildman–Crippen MR) is 95.4 cm³/mol. The highest BCUT2D eigenvalue weighted by Crippen LogP contribution is 2.28. The van der Waals surface area contributed by atoms with Crippen molar-refractivity contribution in [3.05, 3.63) is 21.4 Å². The van der Waals surface area contributed by atoms with Crippen molar-refractivity contribution >= 4 is 29.7 Å². The van der Waals surface area contributed by atoms with Gasteiger partial charge in [-0.2, -0.15) is 0 Å². The Morgan fingerprint density at radius 3 is 2.95 bits per heavy atom. The zero-order chi connectivity index (χ0) is 14.5. The molecule has 3 nitrogen and oxygen atoms in total. The third-order valence-electron chi connectivity index (χ3n) is 4.71. The summed E-state index contributed by atoms with van der Waals surface area (Å²) in [7, 11) is 0. The molecule has 0 radical (unpaired) electrons. The molecule has 2 heterocycles. The van der Waals surface area contributed by atoms with Crippen LogP contribution in [0.4, 0.5) is 0 Å². The summed E-state index contributed by atoms with van der Waals surface area (Å²) in [5.74, 6) is 0.871. The molecule has 1 amide bonds. The van der Waals surface area contributed by atoms with Crippen LogP contribution in [0.25, 0.3) is 0 Å². The first-order chi connectivity index (χ1) is 10.3. The number of piperidine rings is 1. The summed E-state index contributed by atoms with van der Waals surface area (Å²) in [6.07, 6.45) is 9.89. The molecule has 5 heteroatoms. The Morgan fingerprint density at radius 2 is 2.14 bits per heavy atom. The Morgan fingerprint density at radius 1 is 1.27 bits per heavy atom. The predicted octanol–water partition coefficient (Wildman–Crippen LogP) is 3.56. The van der Waals surface area contributed by atoms with E-state index in [1.165, 1.54) is 49.0 Å². The van der Waals surface area contributed by atoms with Crippen LogP contribution in [-0.4, -0.2) is 25.5 Å². The quantitative estimate of drug-likeness (QED) is 0.821. The molecule has 2 aliphatic rings. The highest BCUT2D eigenvalue weighted by molar-refractivity contribution is 7.14. The van der Waals surface area contributed by atoms with Crippen LogP contribution in [0.15, 0.2) is 6.07 Å². The Labute approximate surface area is 143 Å². The number of fused-ring (bicyclic) bond motifs is 1. The molecule has 1 unspecified atom stereocenters. The minimum absolute atomic E-state index is 0. The number of nitrogens with one attached hydrogen (secondary N) is 2. The van der Waals surface area contributed by atoms with Crippen LogP contribution in [-0.2, 0) is 12.8 Å². The number of carbonyl (C=O) groups is 1. The van der Waals surface area contributed by atoms with Gasteiger partial charge in [0.2, 0.25) is 0 Å². The minimum Gasteiger partial charge on any atom is -0.351 e. The van der Waals surface area contributed by atoms with E-state index >= 15 is 0 Å². The van der Waals surface area contributed by atoms with Gasteiger partial charge in [0.05, 0.1) is 4.88 Å². The minimum atomic E-state index is 0. The van der Waals surface area contributed by atoms with Crippen LogP contribution in [0.1, 0.15) is 58.6 Å². The number of carbonyl (C=O) groups excluding carboxylic acids is 1. The van der Waals surface area contributed by atoms with Gasteiger partial charge in [-0.05, 0) is 75.6 Å². The molecule has 3 rings (SSSR count). The van der Waals surface area contributed by atoms with Crippen LogP contribution in [0.2, 0.25) is 0 Å². The fourth-order valence-corrected chi connectivity index (χ4v) is 4.60. The molecule has 1 aromatic heterocycles. The van der Waals surface area contributed by atoms with Gasteiger partial charge in [-0.15, -0.1) is 23.7 Å². The largest absolute Gasteiger partial charge is 0.351 e. The number of hydrogen-bond acceptors (Lipinski definition) is 3. The van der Waals surface area contributed by atoms with Crippen molar-refractivity contribution in [3.8, 4) is 0 Å². The fraction of sp³-hybridized carbons (Fsp3) is 0.706.